The third kappa shape index (κ3) is 3.45. The maximum Gasteiger partial charge on any atom is 0.323 e. The molecule has 23 heavy (non-hydrogen) atoms. The predicted molar refractivity (Wildman–Crippen MR) is 82.8 cm³/mol. The van der Waals surface area contributed by atoms with Crippen LogP contribution in [-0.2, 0) is 0 Å². The van der Waals surface area contributed by atoms with Gasteiger partial charge in [0.15, 0.2) is 11.5 Å². The number of nitrogens with one attached hydrogen (secondary N) is 2. The van der Waals surface area contributed by atoms with Gasteiger partial charge in [0.1, 0.15) is 11.6 Å². The van der Waals surface area contributed by atoms with Crippen LogP contribution in [0.2, 0.25) is 0 Å². The molecule has 0 bridgehead atoms. The number of fused-ring (bicyclic) bond motifs is 1. The van der Waals surface area contributed by atoms with Gasteiger partial charge in [0.2, 0.25) is 6.79 Å². The number of anilines is 2. The fraction of sp³-hybridized carbons (Fsp3) is 0.188. The maximum atomic E-state index is 13.2. The summed E-state index contributed by atoms with van der Waals surface area (Å²) in [5, 5.41) is 5.29. The minimum absolute atomic E-state index is 0.165. The van der Waals surface area contributed by atoms with Crippen LogP contribution in [0, 0.1) is 5.82 Å². The highest BCUT2D eigenvalue weighted by Crippen LogP contribution is 2.34. The smallest absolute Gasteiger partial charge is 0.323 e. The van der Waals surface area contributed by atoms with E-state index in [1.54, 1.807) is 25.1 Å². The van der Waals surface area contributed by atoms with Crippen molar-refractivity contribution in [2.75, 3.05) is 24.0 Å². The minimum atomic E-state index is -0.476. The van der Waals surface area contributed by atoms with Crippen molar-refractivity contribution in [2.24, 2.45) is 0 Å². The Morgan fingerprint density at radius 1 is 1.17 bits per heavy atom. The average molecular weight is 318 g/mol. The van der Waals surface area contributed by atoms with Gasteiger partial charge in [0.05, 0.1) is 12.3 Å². The van der Waals surface area contributed by atoms with E-state index < -0.39 is 11.8 Å². The average Bonchev–Trinajstić information content (AvgIpc) is 2.98. The molecule has 6 nitrogen and oxygen atoms in total. The summed E-state index contributed by atoms with van der Waals surface area (Å²) in [4.78, 5) is 12.1. The molecule has 2 N–H and O–H groups in total. The van der Waals surface area contributed by atoms with Gasteiger partial charge in [-0.2, -0.15) is 0 Å². The number of rotatable bonds is 4. The topological polar surface area (TPSA) is 68.8 Å². The molecular formula is C16H15FN2O4. The summed E-state index contributed by atoms with van der Waals surface area (Å²) >= 11 is 0. The summed E-state index contributed by atoms with van der Waals surface area (Å²) in [6, 6.07) is 8.51. The second-order valence-corrected chi connectivity index (χ2v) is 4.72. The molecule has 2 aromatic carbocycles. The summed E-state index contributed by atoms with van der Waals surface area (Å²) in [5.74, 6) is 1.04. The van der Waals surface area contributed by atoms with Gasteiger partial charge in [0.25, 0.3) is 0 Å². The van der Waals surface area contributed by atoms with Gasteiger partial charge < -0.3 is 24.8 Å². The van der Waals surface area contributed by atoms with Crippen molar-refractivity contribution in [1.82, 2.24) is 0 Å². The van der Waals surface area contributed by atoms with Gasteiger partial charge in [-0.15, -0.1) is 0 Å². The molecule has 2 amide bonds. The van der Waals surface area contributed by atoms with Crippen LogP contribution in [0.1, 0.15) is 6.92 Å². The van der Waals surface area contributed by atoms with Crippen molar-refractivity contribution >= 4 is 17.4 Å². The molecule has 0 spiro atoms. The first-order chi connectivity index (χ1) is 11.2. The van der Waals surface area contributed by atoms with Crippen molar-refractivity contribution in [2.45, 2.75) is 6.92 Å². The molecule has 0 saturated carbocycles. The van der Waals surface area contributed by atoms with Crippen LogP contribution in [-0.4, -0.2) is 19.4 Å². The van der Waals surface area contributed by atoms with Gasteiger partial charge >= 0.3 is 6.03 Å². The van der Waals surface area contributed by atoms with Crippen LogP contribution in [0.25, 0.3) is 0 Å². The molecule has 3 rings (SSSR count). The molecule has 0 fully saturated rings. The Labute approximate surface area is 132 Å². The van der Waals surface area contributed by atoms with E-state index in [2.05, 4.69) is 10.6 Å². The summed E-state index contributed by atoms with van der Waals surface area (Å²) < 4.78 is 29.0. The van der Waals surface area contributed by atoms with Crippen LogP contribution in [0.15, 0.2) is 36.4 Å². The lowest BCUT2D eigenvalue weighted by molar-refractivity contribution is 0.174. The highest BCUT2D eigenvalue weighted by Gasteiger charge is 2.15. The number of benzene rings is 2. The Balaban J connectivity index is 1.70. The molecule has 0 aromatic heterocycles. The lowest BCUT2D eigenvalue weighted by Crippen LogP contribution is -2.20. The van der Waals surface area contributed by atoms with E-state index in [0.29, 0.717) is 29.5 Å². The van der Waals surface area contributed by atoms with Crippen molar-refractivity contribution in [3.05, 3.63) is 42.2 Å². The number of ether oxygens (including phenoxy) is 3. The van der Waals surface area contributed by atoms with Crippen molar-refractivity contribution in [3.63, 3.8) is 0 Å². The van der Waals surface area contributed by atoms with Crippen LogP contribution in [0.4, 0.5) is 20.6 Å². The quantitative estimate of drug-likeness (QED) is 0.904. The van der Waals surface area contributed by atoms with Crippen LogP contribution in [0.5, 0.6) is 17.2 Å². The number of hydrogen-bond donors (Lipinski definition) is 2. The monoisotopic (exact) mass is 318 g/mol. The Kier molecular flexibility index (Phi) is 4.18. The third-order valence-electron chi connectivity index (χ3n) is 3.12. The highest BCUT2D eigenvalue weighted by molar-refractivity contribution is 6.00. The second-order valence-electron chi connectivity index (χ2n) is 4.72. The Morgan fingerprint density at radius 2 is 2.00 bits per heavy atom. The molecule has 0 unspecified atom stereocenters. The molecular weight excluding hydrogens is 303 g/mol. The van der Waals surface area contributed by atoms with Crippen molar-refractivity contribution < 1.29 is 23.4 Å². The number of urea groups is 1. The molecule has 2 aromatic rings. The first-order valence-corrected chi connectivity index (χ1v) is 7.05. The molecule has 120 valence electrons. The van der Waals surface area contributed by atoms with E-state index in [9.17, 15) is 9.18 Å². The van der Waals surface area contributed by atoms with Crippen molar-refractivity contribution in [3.8, 4) is 17.2 Å². The molecule has 1 heterocycles. The summed E-state index contributed by atoms with van der Waals surface area (Å²) in [7, 11) is 0. The maximum absolute atomic E-state index is 13.2. The number of amides is 2. The van der Waals surface area contributed by atoms with E-state index in [4.69, 9.17) is 14.2 Å². The van der Waals surface area contributed by atoms with Gasteiger partial charge in [0, 0.05) is 17.8 Å². The normalized spacial score (nSPS) is 11.9. The van der Waals surface area contributed by atoms with Crippen LogP contribution in [0.3, 0.4) is 0 Å². The SMILES string of the molecule is CCOc1cc(F)ccc1NC(=O)Nc1ccc2c(c1)OCO2. The number of hydrogen-bond acceptors (Lipinski definition) is 4. The van der Waals surface area contributed by atoms with Crippen LogP contribution >= 0.6 is 0 Å². The Hall–Kier alpha value is -2.96. The van der Waals surface area contributed by atoms with Gasteiger partial charge in [-0.05, 0) is 31.2 Å². The zero-order valence-corrected chi connectivity index (χ0v) is 12.4. The minimum Gasteiger partial charge on any atom is -0.492 e. The fourth-order valence-electron chi connectivity index (χ4n) is 2.13. The number of halogens is 1. The van der Waals surface area contributed by atoms with Gasteiger partial charge in [-0.3, -0.25) is 0 Å². The standard InChI is InChI=1S/C16H15FN2O4/c1-2-21-14-7-10(17)3-5-12(14)19-16(20)18-11-4-6-13-15(8-11)23-9-22-13/h3-8H,2,9H2,1H3,(H2,18,19,20). The van der Waals surface area contributed by atoms with Gasteiger partial charge in [-0.25, -0.2) is 9.18 Å². The summed E-state index contributed by atoms with van der Waals surface area (Å²) in [5.41, 5.74) is 0.929. The summed E-state index contributed by atoms with van der Waals surface area (Å²) in [6.45, 7) is 2.31. The van der Waals surface area contributed by atoms with E-state index in [0.717, 1.165) is 0 Å². The number of carbonyl (C=O) groups excluding carboxylic acids is 1. The highest BCUT2D eigenvalue weighted by atomic mass is 19.1. The molecule has 1 aliphatic rings. The zero-order valence-electron chi connectivity index (χ0n) is 12.4. The molecule has 1 aliphatic heterocycles. The van der Waals surface area contributed by atoms with Crippen molar-refractivity contribution in [1.29, 1.82) is 0 Å². The van der Waals surface area contributed by atoms with Gasteiger partial charge in [-0.1, -0.05) is 0 Å². The zero-order chi connectivity index (χ0) is 16.2. The van der Waals surface area contributed by atoms with E-state index in [1.807, 2.05) is 0 Å². The summed E-state index contributed by atoms with van der Waals surface area (Å²) in [6.07, 6.45) is 0. The number of carbonyl (C=O) groups is 1. The third-order valence-corrected chi connectivity index (χ3v) is 3.12. The Bertz CT molecular complexity index is 736. The lowest BCUT2D eigenvalue weighted by atomic mass is 10.2. The molecule has 0 atom stereocenters. The fourth-order valence-corrected chi connectivity index (χ4v) is 2.13. The first kappa shape index (κ1) is 15.0. The van der Waals surface area contributed by atoms with E-state index in [1.165, 1.54) is 18.2 Å². The largest absolute Gasteiger partial charge is 0.492 e. The Morgan fingerprint density at radius 3 is 2.83 bits per heavy atom. The lowest BCUT2D eigenvalue weighted by Gasteiger charge is -2.12. The molecule has 0 saturated heterocycles. The first-order valence-electron chi connectivity index (χ1n) is 7.05. The van der Waals surface area contributed by atoms with E-state index in [-0.39, 0.29) is 12.5 Å². The molecule has 7 heteroatoms. The predicted octanol–water partition coefficient (Wildman–Crippen LogP) is 3.60. The molecule has 0 aliphatic carbocycles. The van der Waals surface area contributed by atoms with Crippen LogP contribution < -0.4 is 24.8 Å². The second kappa shape index (κ2) is 6.43. The molecule has 0 radical (unpaired) electrons. The van der Waals surface area contributed by atoms with E-state index >= 15 is 0 Å².